The van der Waals surface area contributed by atoms with Gasteiger partial charge >= 0.3 is 0 Å². The number of alkyl halides is 2. The summed E-state index contributed by atoms with van der Waals surface area (Å²) in [6.45, 7) is 2.10. The molecule has 1 aliphatic carbocycles. The Balaban J connectivity index is 1.62. The van der Waals surface area contributed by atoms with Gasteiger partial charge in [-0.3, -0.25) is 14.6 Å². The van der Waals surface area contributed by atoms with E-state index in [1.807, 2.05) is 0 Å². The normalized spacial score (nSPS) is 17.4. The van der Waals surface area contributed by atoms with Crippen molar-refractivity contribution in [3.8, 4) is 5.69 Å². The van der Waals surface area contributed by atoms with Crippen LogP contribution in [0.1, 0.15) is 19.8 Å². The molecule has 0 aromatic carbocycles. The van der Waals surface area contributed by atoms with Crippen LogP contribution >= 0.6 is 11.6 Å². The maximum Gasteiger partial charge on any atom is 0.260 e. The first-order valence-corrected chi connectivity index (χ1v) is 8.82. The van der Waals surface area contributed by atoms with Gasteiger partial charge in [-0.15, -0.1) is 0 Å². The number of halogens is 3. The van der Waals surface area contributed by atoms with Crippen molar-refractivity contribution in [3.05, 3.63) is 35.9 Å². The molecule has 1 saturated carbocycles. The first-order valence-electron chi connectivity index (χ1n) is 8.45. The highest BCUT2D eigenvalue weighted by Crippen LogP contribution is 2.48. The maximum atomic E-state index is 12.9. The lowest BCUT2D eigenvalue weighted by Crippen LogP contribution is -2.35. The number of aromatic nitrogens is 3. The Hall–Kier alpha value is -2.55. The molecule has 1 atom stereocenters. The van der Waals surface area contributed by atoms with E-state index in [9.17, 15) is 18.4 Å². The first-order chi connectivity index (χ1) is 12.8. The highest BCUT2D eigenvalue weighted by molar-refractivity contribution is 6.32. The predicted molar refractivity (Wildman–Crippen MR) is 95.1 cm³/mol. The van der Waals surface area contributed by atoms with Crippen molar-refractivity contribution in [3.63, 3.8) is 0 Å². The highest BCUT2D eigenvalue weighted by atomic mass is 35.5. The topological polar surface area (TPSA) is 80.1 Å². The minimum Gasteiger partial charge on any atom is -0.355 e. The molecule has 1 fully saturated rings. The lowest BCUT2D eigenvalue weighted by Gasteiger charge is -2.19. The Morgan fingerprint density at radius 2 is 2.22 bits per heavy atom. The van der Waals surface area contributed by atoms with Gasteiger partial charge in [-0.1, -0.05) is 11.6 Å². The first kappa shape index (κ1) is 19.2. The van der Waals surface area contributed by atoms with E-state index in [0.29, 0.717) is 17.9 Å². The summed E-state index contributed by atoms with van der Waals surface area (Å²) in [7, 11) is 0. The van der Waals surface area contributed by atoms with Crippen molar-refractivity contribution in [1.29, 1.82) is 0 Å². The molecule has 2 aromatic heterocycles. The molecule has 0 spiro atoms. The number of nitrogens with zero attached hydrogens (tertiary/aromatic N) is 4. The van der Waals surface area contributed by atoms with Gasteiger partial charge in [0.15, 0.2) is 5.15 Å². The van der Waals surface area contributed by atoms with E-state index in [0.717, 1.165) is 0 Å². The van der Waals surface area contributed by atoms with Gasteiger partial charge in [-0.05, 0) is 19.1 Å². The second-order valence-corrected chi connectivity index (χ2v) is 6.52. The molecular formula is C17H18ClF2N5O2. The average molecular weight is 398 g/mol. The van der Waals surface area contributed by atoms with Crippen molar-refractivity contribution < 1.29 is 18.4 Å². The van der Waals surface area contributed by atoms with E-state index in [4.69, 9.17) is 11.6 Å². The molecule has 7 nitrogen and oxygen atoms in total. The number of anilines is 1. The molecule has 3 rings (SSSR count). The van der Waals surface area contributed by atoms with Crippen LogP contribution in [0.25, 0.3) is 5.69 Å². The van der Waals surface area contributed by atoms with Gasteiger partial charge in [0.05, 0.1) is 18.1 Å². The van der Waals surface area contributed by atoms with E-state index in [-0.39, 0.29) is 24.0 Å². The molecule has 10 heteroatoms. The Labute approximate surface area is 159 Å². The van der Waals surface area contributed by atoms with Crippen molar-refractivity contribution in [2.45, 2.75) is 25.7 Å². The van der Waals surface area contributed by atoms with Crippen molar-refractivity contribution >= 4 is 29.1 Å². The van der Waals surface area contributed by atoms with Crippen LogP contribution in [0, 0.1) is 5.92 Å². The molecule has 27 heavy (non-hydrogen) atoms. The third-order valence-corrected chi connectivity index (χ3v) is 4.52. The molecule has 0 bridgehead atoms. The molecule has 0 radical (unpaired) electrons. The van der Waals surface area contributed by atoms with E-state index < -0.39 is 24.2 Å². The van der Waals surface area contributed by atoms with Crippen molar-refractivity contribution in [2.75, 3.05) is 18.0 Å². The van der Waals surface area contributed by atoms with Gasteiger partial charge in [0, 0.05) is 32.1 Å². The van der Waals surface area contributed by atoms with Gasteiger partial charge in [0.25, 0.3) is 5.92 Å². The number of hydrogen-bond acceptors (Lipinski definition) is 4. The van der Waals surface area contributed by atoms with E-state index in [1.165, 1.54) is 9.58 Å². The number of hydrogen-bond donors (Lipinski definition) is 1. The number of carbonyl (C=O) groups excluding carboxylic acids is 2. The van der Waals surface area contributed by atoms with Crippen molar-refractivity contribution in [1.82, 2.24) is 20.1 Å². The molecule has 2 aromatic rings. The van der Waals surface area contributed by atoms with E-state index in [1.54, 1.807) is 37.6 Å². The van der Waals surface area contributed by atoms with Crippen LogP contribution in [0.5, 0.6) is 0 Å². The summed E-state index contributed by atoms with van der Waals surface area (Å²) in [4.78, 5) is 29.5. The Morgan fingerprint density at radius 1 is 1.48 bits per heavy atom. The van der Waals surface area contributed by atoms with E-state index >= 15 is 0 Å². The van der Waals surface area contributed by atoms with Gasteiger partial charge in [-0.25, -0.2) is 13.5 Å². The fraction of sp³-hybridized carbons (Fsp3) is 0.412. The molecule has 0 saturated heterocycles. The fourth-order valence-corrected chi connectivity index (χ4v) is 2.91. The van der Waals surface area contributed by atoms with Crippen molar-refractivity contribution in [2.24, 2.45) is 5.92 Å². The quantitative estimate of drug-likeness (QED) is 0.778. The lowest BCUT2D eigenvalue weighted by atomic mass is 10.3. The Bertz CT molecular complexity index is 843. The van der Waals surface area contributed by atoms with Crippen LogP contribution in [-0.4, -0.2) is 45.6 Å². The zero-order chi connectivity index (χ0) is 19.6. The summed E-state index contributed by atoms with van der Waals surface area (Å²) >= 11 is 6.18. The maximum absolute atomic E-state index is 12.9. The van der Waals surface area contributed by atoms with Gasteiger partial charge in [-0.2, -0.15) is 5.10 Å². The second-order valence-electron chi connectivity index (χ2n) is 6.16. The molecule has 0 aliphatic heterocycles. The molecule has 1 N–H and O–H groups in total. The SMILES string of the molecule is CCN(C(=O)CCNC(=O)C1CC1(F)F)c1cn(-c2cccnc2)nc1Cl. The molecule has 2 heterocycles. The summed E-state index contributed by atoms with van der Waals surface area (Å²) in [6, 6.07) is 3.54. The van der Waals surface area contributed by atoms with Gasteiger partial charge in [0.2, 0.25) is 11.8 Å². The van der Waals surface area contributed by atoms with E-state index in [2.05, 4.69) is 15.4 Å². The number of carbonyl (C=O) groups is 2. The number of amides is 2. The third-order valence-electron chi connectivity index (χ3n) is 4.25. The molecule has 2 amide bonds. The summed E-state index contributed by atoms with van der Waals surface area (Å²) in [5.41, 5.74) is 1.11. The Morgan fingerprint density at radius 3 is 2.81 bits per heavy atom. The standard InChI is InChI=1S/C17H18ClF2N5O2/c1-2-24(14(26)5-7-22-16(27)12-8-17(12,19)20)13-10-25(23-15(13)18)11-4-3-6-21-9-11/h3-4,6,9-10,12H,2,5,7-8H2,1H3,(H,22,27). The number of rotatable bonds is 7. The smallest absolute Gasteiger partial charge is 0.260 e. The minimum absolute atomic E-state index is 0.0187. The minimum atomic E-state index is -2.92. The van der Waals surface area contributed by atoms with Crippen LogP contribution in [-0.2, 0) is 9.59 Å². The van der Waals surface area contributed by atoms with Crippen LogP contribution < -0.4 is 10.2 Å². The molecule has 1 aliphatic rings. The number of pyridine rings is 1. The summed E-state index contributed by atoms with van der Waals surface area (Å²) in [5.74, 6) is -5.22. The monoisotopic (exact) mass is 397 g/mol. The summed E-state index contributed by atoms with van der Waals surface area (Å²) in [6.07, 6.45) is 4.38. The highest BCUT2D eigenvalue weighted by Gasteiger charge is 2.61. The zero-order valence-electron chi connectivity index (χ0n) is 14.5. The summed E-state index contributed by atoms with van der Waals surface area (Å²) < 4.78 is 27.2. The molecule has 144 valence electrons. The Kier molecular flexibility index (Phi) is 5.41. The third kappa shape index (κ3) is 4.24. The molecular weight excluding hydrogens is 380 g/mol. The van der Waals surface area contributed by atoms with Crippen LogP contribution in [0.15, 0.2) is 30.7 Å². The number of nitrogens with one attached hydrogen (secondary N) is 1. The average Bonchev–Trinajstić information content (AvgIpc) is 3.12. The van der Waals surface area contributed by atoms with Crippen LogP contribution in [0.3, 0.4) is 0 Å². The van der Waals surface area contributed by atoms with Gasteiger partial charge < -0.3 is 10.2 Å². The van der Waals surface area contributed by atoms with Crippen LogP contribution in [0.2, 0.25) is 5.15 Å². The van der Waals surface area contributed by atoms with Crippen LogP contribution in [0.4, 0.5) is 14.5 Å². The lowest BCUT2D eigenvalue weighted by molar-refractivity contribution is -0.124. The van der Waals surface area contributed by atoms with Gasteiger partial charge in [0.1, 0.15) is 11.6 Å². The second kappa shape index (κ2) is 7.59. The largest absolute Gasteiger partial charge is 0.355 e. The fourth-order valence-electron chi connectivity index (χ4n) is 2.68. The summed E-state index contributed by atoms with van der Waals surface area (Å²) in [5, 5.41) is 6.71. The molecule has 1 unspecified atom stereocenters. The zero-order valence-corrected chi connectivity index (χ0v) is 15.3. The predicted octanol–water partition coefficient (Wildman–Crippen LogP) is 2.44.